The molecule has 0 bridgehead atoms. The molecule has 0 unspecified atom stereocenters. The molecule has 0 atom stereocenters. The molecule has 0 aliphatic rings. The van der Waals surface area contributed by atoms with Crippen LogP contribution in [0.3, 0.4) is 0 Å². The molecule has 0 radical (unpaired) electrons. The van der Waals surface area contributed by atoms with Gasteiger partial charge >= 0.3 is 0 Å². The maximum atomic E-state index is 9.68. The van der Waals surface area contributed by atoms with Crippen LogP contribution in [-0.4, -0.2) is 4.57 Å². The van der Waals surface area contributed by atoms with Crippen molar-refractivity contribution in [2.45, 2.75) is 0 Å². The summed E-state index contributed by atoms with van der Waals surface area (Å²) in [5, 5.41) is 19.6. The van der Waals surface area contributed by atoms with E-state index >= 15 is 0 Å². The highest BCUT2D eigenvalue weighted by molar-refractivity contribution is 6.24. The number of fused-ring (bicyclic) bond motifs is 8. The smallest absolute Gasteiger partial charge is 0.0992 e. The Morgan fingerprint density at radius 1 is 0.333 bits per heavy atom. The summed E-state index contributed by atoms with van der Waals surface area (Å²) in [5.74, 6) is 0. The van der Waals surface area contributed by atoms with Crippen molar-refractivity contribution in [1.82, 2.24) is 4.57 Å². The number of rotatable bonds is 4. The Morgan fingerprint density at radius 3 is 1.41 bits per heavy atom. The van der Waals surface area contributed by atoms with Crippen LogP contribution in [0, 0.1) is 11.3 Å². The Hall–Kier alpha value is -6.95. The topological polar surface area (TPSA) is 28.7 Å². The maximum Gasteiger partial charge on any atom is 0.0992 e. The fourth-order valence-electron chi connectivity index (χ4n) is 8.01. The zero-order chi connectivity index (χ0) is 33.9. The van der Waals surface area contributed by atoms with Crippen LogP contribution in [0.5, 0.6) is 0 Å². The van der Waals surface area contributed by atoms with Gasteiger partial charge in [0.2, 0.25) is 0 Å². The lowest BCUT2D eigenvalue weighted by molar-refractivity contribution is 1.18. The van der Waals surface area contributed by atoms with E-state index in [9.17, 15) is 5.26 Å². The zero-order valence-electron chi connectivity index (χ0n) is 27.7. The van der Waals surface area contributed by atoms with Crippen molar-refractivity contribution in [2.75, 3.05) is 0 Å². The zero-order valence-corrected chi connectivity index (χ0v) is 27.7. The first-order valence-corrected chi connectivity index (χ1v) is 17.3. The van der Waals surface area contributed by atoms with E-state index in [1.54, 1.807) is 0 Å². The van der Waals surface area contributed by atoms with Crippen molar-refractivity contribution in [3.63, 3.8) is 0 Å². The van der Waals surface area contributed by atoms with Gasteiger partial charge in [-0.25, -0.2) is 0 Å². The average molecular weight is 647 g/mol. The van der Waals surface area contributed by atoms with Gasteiger partial charge in [0.25, 0.3) is 0 Å². The van der Waals surface area contributed by atoms with E-state index in [-0.39, 0.29) is 0 Å². The predicted octanol–water partition coefficient (Wildman–Crippen LogP) is 13.1. The lowest BCUT2D eigenvalue weighted by Gasteiger charge is -2.16. The van der Waals surface area contributed by atoms with Crippen LogP contribution in [-0.2, 0) is 0 Å². The number of hydrogen-bond acceptors (Lipinski definition) is 1. The minimum Gasteiger partial charge on any atom is -0.309 e. The highest BCUT2D eigenvalue weighted by Gasteiger charge is 2.16. The van der Waals surface area contributed by atoms with E-state index in [0.29, 0.717) is 5.56 Å². The molecule has 0 aliphatic carbocycles. The van der Waals surface area contributed by atoms with Gasteiger partial charge in [-0.15, -0.1) is 0 Å². The molecule has 0 aliphatic heterocycles. The van der Waals surface area contributed by atoms with E-state index in [1.165, 1.54) is 60.0 Å². The monoisotopic (exact) mass is 646 g/mol. The first-order chi connectivity index (χ1) is 25.2. The first-order valence-electron chi connectivity index (χ1n) is 17.3. The molecule has 10 aromatic rings. The minimum atomic E-state index is 0.657. The summed E-state index contributed by atoms with van der Waals surface area (Å²) in [6.45, 7) is 0. The molecule has 1 heterocycles. The highest BCUT2D eigenvalue weighted by atomic mass is 15.0. The Morgan fingerprint density at radius 2 is 0.804 bits per heavy atom. The van der Waals surface area contributed by atoms with Crippen molar-refractivity contribution >= 4 is 54.1 Å². The summed E-state index contributed by atoms with van der Waals surface area (Å²) in [7, 11) is 0. The number of hydrogen-bond donors (Lipinski definition) is 0. The van der Waals surface area contributed by atoms with E-state index in [0.717, 1.165) is 33.2 Å². The van der Waals surface area contributed by atoms with Gasteiger partial charge in [-0.3, -0.25) is 0 Å². The van der Waals surface area contributed by atoms with Crippen LogP contribution in [0.25, 0.3) is 93.2 Å². The average Bonchev–Trinajstić information content (AvgIpc) is 3.53. The summed E-state index contributed by atoms with van der Waals surface area (Å²) in [6, 6.07) is 67.5. The Kier molecular flexibility index (Phi) is 6.59. The second-order valence-corrected chi connectivity index (χ2v) is 13.2. The van der Waals surface area contributed by atoms with E-state index in [2.05, 4.69) is 174 Å². The van der Waals surface area contributed by atoms with Crippen LogP contribution in [0.1, 0.15) is 5.56 Å². The van der Waals surface area contributed by atoms with Crippen molar-refractivity contribution in [2.24, 2.45) is 0 Å². The number of para-hydroxylation sites is 1. The second-order valence-electron chi connectivity index (χ2n) is 13.2. The van der Waals surface area contributed by atoms with Gasteiger partial charge in [-0.05, 0) is 108 Å². The van der Waals surface area contributed by atoms with Gasteiger partial charge in [-0.2, -0.15) is 5.26 Å². The predicted molar refractivity (Wildman–Crippen MR) is 214 cm³/mol. The first kappa shape index (κ1) is 29.0. The van der Waals surface area contributed by atoms with Crippen molar-refractivity contribution in [3.8, 4) is 45.1 Å². The maximum absolute atomic E-state index is 9.68. The number of nitriles is 1. The molecule has 2 heteroatoms. The molecule has 0 saturated carbocycles. The molecule has 9 aromatic carbocycles. The summed E-state index contributed by atoms with van der Waals surface area (Å²) in [6.07, 6.45) is 0. The molecule has 0 fully saturated rings. The van der Waals surface area contributed by atoms with E-state index in [4.69, 9.17) is 0 Å². The van der Waals surface area contributed by atoms with Crippen molar-refractivity contribution in [1.29, 1.82) is 5.26 Å². The summed E-state index contributed by atoms with van der Waals surface area (Å²) in [5.41, 5.74) is 11.1. The molecular formula is C49H30N2. The minimum absolute atomic E-state index is 0.657. The Bertz CT molecular complexity index is 3000. The largest absolute Gasteiger partial charge is 0.309 e. The molecule has 236 valence electrons. The molecular weight excluding hydrogens is 617 g/mol. The molecule has 1 aromatic heterocycles. The van der Waals surface area contributed by atoms with Gasteiger partial charge in [0, 0.05) is 16.5 Å². The molecule has 2 nitrogen and oxygen atoms in total. The molecule has 10 rings (SSSR count). The third kappa shape index (κ3) is 4.64. The fourth-order valence-corrected chi connectivity index (χ4v) is 8.01. The summed E-state index contributed by atoms with van der Waals surface area (Å²) in [4.78, 5) is 0. The molecule has 0 saturated heterocycles. The van der Waals surface area contributed by atoms with E-state index in [1.807, 2.05) is 18.2 Å². The lowest BCUT2D eigenvalue weighted by Crippen LogP contribution is -1.93. The van der Waals surface area contributed by atoms with Gasteiger partial charge in [0.15, 0.2) is 0 Å². The second kappa shape index (κ2) is 11.6. The van der Waals surface area contributed by atoms with Crippen LogP contribution in [0.4, 0.5) is 0 Å². The van der Waals surface area contributed by atoms with Crippen molar-refractivity contribution < 1.29 is 0 Å². The standard InChI is InChI=1S/C49H30N2/c50-31-32-19-25-42-43-26-24-36(28-49(43)51(48(42)27-32)37-13-5-2-6-14-37)33-20-22-35(23-21-33)45-30-47-40-17-9-7-15-38(40)44(34-11-3-1-4-12-34)29-46(47)41-18-10-8-16-39(41)45/h1-30H. The van der Waals surface area contributed by atoms with Gasteiger partial charge in [0.1, 0.15) is 0 Å². The number of aromatic nitrogens is 1. The summed E-state index contributed by atoms with van der Waals surface area (Å²) >= 11 is 0. The molecule has 0 amide bonds. The lowest BCUT2D eigenvalue weighted by atomic mass is 9.87. The van der Waals surface area contributed by atoms with Crippen LogP contribution in [0.2, 0.25) is 0 Å². The summed E-state index contributed by atoms with van der Waals surface area (Å²) < 4.78 is 2.28. The third-order valence-corrected chi connectivity index (χ3v) is 10.4. The van der Waals surface area contributed by atoms with Gasteiger partial charge < -0.3 is 4.57 Å². The molecule has 51 heavy (non-hydrogen) atoms. The highest BCUT2D eigenvalue weighted by Crippen LogP contribution is 2.42. The van der Waals surface area contributed by atoms with Gasteiger partial charge in [-0.1, -0.05) is 140 Å². The fraction of sp³-hybridized carbons (Fsp3) is 0. The SMILES string of the molecule is N#Cc1ccc2c3ccc(-c4ccc(-c5cc6c7ccccc7c(-c7ccccc7)cc6c6ccccc56)cc4)cc3n(-c3ccccc3)c2c1. The van der Waals surface area contributed by atoms with Crippen molar-refractivity contribution in [3.05, 3.63) is 188 Å². The Balaban J connectivity index is 1.13. The van der Waals surface area contributed by atoms with E-state index < -0.39 is 0 Å². The van der Waals surface area contributed by atoms with Crippen LogP contribution < -0.4 is 0 Å². The third-order valence-electron chi connectivity index (χ3n) is 10.4. The normalized spacial score (nSPS) is 11.5. The molecule has 0 N–H and O–H groups in total. The Labute approximate surface area is 295 Å². The number of benzene rings is 9. The quantitative estimate of drug-likeness (QED) is 0.175. The van der Waals surface area contributed by atoms with Crippen LogP contribution >= 0.6 is 0 Å². The number of nitrogens with zero attached hydrogens (tertiary/aromatic N) is 2. The van der Waals surface area contributed by atoms with Gasteiger partial charge in [0.05, 0.1) is 22.7 Å². The molecule has 0 spiro atoms. The van der Waals surface area contributed by atoms with Crippen LogP contribution in [0.15, 0.2) is 182 Å².